The van der Waals surface area contributed by atoms with Gasteiger partial charge in [0.2, 0.25) is 0 Å². The van der Waals surface area contributed by atoms with Crippen LogP contribution in [0.25, 0.3) is 0 Å². The Morgan fingerprint density at radius 1 is 1.59 bits per heavy atom. The number of rotatable bonds is 1. The fourth-order valence-electron chi connectivity index (χ4n) is 2.54. The maximum Gasteiger partial charge on any atom is 0.264 e. The van der Waals surface area contributed by atoms with Crippen molar-refractivity contribution in [2.75, 3.05) is 6.54 Å². The summed E-state index contributed by atoms with van der Waals surface area (Å²) in [6.07, 6.45) is 1.78. The molecule has 1 unspecified atom stereocenters. The number of hydrogen-bond donors (Lipinski definition) is 1. The summed E-state index contributed by atoms with van der Waals surface area (Å²) in [5, 5.41) is 1.98. The molecule has 2 heterocycles. The molecule has 0 bridgehead atoms. The molecule has 2 rings (SSSR count). The molecule has 1 aromatic rings. The predicted molar refractivity (Wildman–Crippen MR) is 71.4 cm³/mol. The smallest absolute Gasteiger partial charge is 0.264 e. The monoisotopic (exact) mass is 252 g/mol. The number of likely N-dealkylation sites (tertiary alicyclic amines) is 1. The number of amides is 1. The zero-order valence-corrected chi connectivity index (χ0v) is 11.5. The molecule has 0 aliphatic carbocycles. The second-order valence-electron chi connectivity index (χ2n) is 5.45. The number of aryl methyl sites for hydroxylation is 1. The van der Waals surface area contributed by atoms with Crippen LogP contribution in [0.15, 0.2) is 11.4 Å². The van der Waals surface area contributed by atoms with E-state index in [1.807, 2.05) is 23.3 Å². The van der Waals surface area contributed by atoms with Gasteiger partial charge >= 0.3 is 0 Å². The van der Waals surface area contributed by atoms with E-state index in [1.165, 1.54) is 11.3 Å². The van der Waals surface area contributed by atoms with Crippen LogP contribution >= 0.6 is 11.3 Å². The summed E-state index contributed by atoms with van der Waals surface area (Å²) in [6.45, 7) is 6.97. The van der Waals surface area contributed by atoms with Crippen LogP contribution in [0, 0.1) is 6.92 Å². The van der Waals surface area contributed by atoms with Crippen LogP contribution in [-0.2, 0) is 0 Å². The quantitative estimate of drug-likeness (QED) is 0.834. The van der Waals surface area contributed by atoms with Crippen LogP contribution in [0.3, 0.4) is 0 Å². The molecule has 1 atom stereocenters. The van der Waals surface area contributed by atoms with Gasteiger partial charge in [0.05, 0.1) is 4.88 Å². The summed E-state index contributed by atoms with van der Waals surface area (Å²) in [4.78, 5) is 15.3. The van der Waals surface area contributed by atoms with Gasteiger partial charge in [-0.15, -0.1) is 11.3 Å². The Labute approximate surface area is 107 Å². The maximum absolute atomic E-state index is 12.5. The van der Waals surface area contributed by atoms with E-state index in [-0.39, 0.29) is 17.5 Å². The van der Waals surface area contributed by atoms with Gasteiger partial charge in [0.25, 0.3) is 5.91 Å². The van der Waals surface area contributed by atoms with E-state index < -0.39 is 0 Å². The summed E-state index contributed by atoms with van der Waals surface area (Å²) < 4.78 is 0. The molecule has 17 heavy (non-hydrogen) atoms. The normalized spacial score (nSPS) is 23.8. The third-order valence-electron chi connectivity index (χ3n) is 3.52. The molecule has 0 saturated carbocycles. The lowest BCUT2D eigenvalue weighted by Crippen LogP contribution is -2.55. The first-order chi connectivity index (χ1) is 7.92. The number of carbonyl (C=O) groups is 1. The maximum atomic E-state index is 12.5. The van der Waals surface area contributed by atoms with Crippen LogP contribution in [0.4, 0.5) is 0 Å². The predicted octanol–water partition coefficient (Wildman–Crippen LogP) is 2.40. The Morgan fingerprint density at radius 3 is 2.82 bits per heavy atom. The third-order valence-corrected chi connectivity index (χ3v) is 4.52. The van der Waals surface area contributed by atoms with Gasteiger partial charge in [-0.05, 0) is 50.6 Å². The highest BCUT2D eigenvalue weighted by atomic mass is 32.1. The van der Waals surface area contributed by atoms with Crippen molar-refractivity contribution in [2.45, 2.75) is 45.2 Å². The van der Waals surface area contributed by atoms with Crippen molar-refractivity contribution in [1.82, 2.24) is 4.90 Å². The number of nitrogens with two attached hydrogens (primary N) is 1. The lowest BCUT2D eigenvalue weighted by molar-refractivity contribution is 0.0405. The standard InChI is InChI=1S/C13H20N2OS/c1-9-5-7-17-11(9)12(16)15-6-4-10(14)8-13(15,2)3/h5,7,10H,4,6,8,14H2,1-3H3. The van der Waals surface area contributed by atoms with E-state index in [9.17, 15) is 4.79 Å². The lowest BCUT2D eigenvalue weighted by Gasteiger charge is -2.44. The summed E-state index contributed by atoms with van der Waals surface area (Å²) in [5.74, 6) is 0.161. The van der Waals surface area contributed by atoms with Crippen LogP contribution in [-0.4, -0.2) is 28.9 Å². The fraction of sp³-hybridized carbons (Fsp3) is 0.615. The number of carbonyl (C=O) groups excluding carboxylic acids is 1. The summed E-state index contributed by atoms with van der Waals surface area (Å²) in [5.41, 5.74) is 6.93. The molecule has 0 radical (unpaired) electrons. The van der Waals surface area contributed by atoms with Gasteiger partial charge in [0.15, 0.2) is 0 Å². The molecule has 1 fully saturated rings. The molecule has 0 spiro atoms. The molecule has 2 N–H and O–H groups in total. The zero-order valence-electron chi connectivity index (χ0n) is 10.7. The van der Waals surface area contributed by atoms with Crippen molar-refractivity contribution in [2.24, 2.45) is 5.73 Å². The summed E-state index contributed by atoms with van der Waals surface area (Å²) in [6, 6.07) is 2.22. The van der Waals surface area contributed by atoms with Gasteiger partial charge in [-0.1, -0.05) is 0 Å². The first-order valence-electron chi connectivity index (χ1n) is 6.03. The Kier molecular flexibility index (Phi) is 3.27. The summed E-state index contributed by atoms with van der Waals surface area (Å²) in [7, 11) is 0. The van der Waals surface area contributed by atoms with E-state index in [0.717, 1.165) is 29.8 Å². The van der Waals surface area contributed by atoms with E-state index in [0.29, 0.717) is 0 Å². The molecule has 1 saturated heterocycles. The van der Waals surface area contributed by atoms with Gasteiger partial charge in [0.1, 0.15) is 0 Å². The van der Waals surface area contributed by atoms with Crippen molar-refractivity contribution in [3.63, 3.8) is 0 Å². The SMILES string of the molecule is Cc1ccsc1C(=O)N1CCC(N)CC1(C)C. The number of nitrogens with zero attached hydrogens (tertiary/aromatic N) is 1. The van der Waals surface area contributed by atoms with Crippen LogP contribution in [0.5, 0.6) is 0 Å². The Hall–Kier alpha value is -0.870. The van der Waals surface area contributed by atoms with Gasteiger partial charge < -0.3 is 10.6 Å². The molecule has 1 aliphatic rings. The second kappa shape index (κ2) is 4.42. The highest BCUT2D eigenvalue weighted by Gasteiger charge is 2.37. The Bertz CT molecular complexity index is 425. The lowest BCUT2D eigenvalue weighted by atomic mass is 9.87. The number of piperidine rings is 1. The molecule has 1 aromatic heterocycles. The van der Waals surface area contributed by atoms with Crippen LogP contribution < -0.4 is 5.73 Å². The van der Waals surface area contributed by atoms with E-state index in [2.05, 4.69) is 13.8 Å². The van der Waals surface area contributed by atoms with Gasteiger partial charge in [-0.2, -0.15) is 0 Å². The first kappa shape index (κ1) is 12.6. The van der Waals surface area contributed by atoms with Crippen molar-refractivity contribution in [1.29, 1.82) is 0 Å². The van der Waals surface area contributed by atoms with Crippen molar-refractivity contribution < 1.29 is 4.79 Å². The third kappa shape index (κ3) is 2.38. The van der Waals surface area contributed by atoms with Gasteiger partial charge in [0, 0.05) is 18.1 Å². The molecule has 1 aliphatic heterocycles. The van der Waals surface area contributed by atoms with Crippen LogP contribution in [0.2, 0.25) is 0 Å². The minimum absolute atomic E-state index is 0.134. The van der Waals surface area contributed by atoms with Gasteiger partial charge in [-0.3, -0.25) is 4.79 Å². The number of hydrogen-bond acceptors (Lipinski definition) is 3. The molecule has 3 nitrogen and oxygen atoms in total. The molecular weight excluding hydrogens is 232 g/mol. The van der Waals surface area contributed by atoms with E-state index in [1.54, 1.807) is 0 Å². The van der Waals surface area contributed by atoms with E-state index >= 15 is 0 Å². The van der Waals surface area contributed by atoms with Crippen LogP contribution in [0.1, 0.15) is 41.9 Å². The Balaban J connectivity index is 2.23. The zero-order chi connectivity index (χ0) is 12.6. The highest BCUT2D eigenvalue weighted by molar-refractivity contribution is 7.12. The molecule has 94 valence electrons. The highest BCUT2D eigenvalue weighted by Crippen LogP contribution is 2.30. The average Bonchev–Trinajstić information content (AvgIpc) is 2.62. The second-order valence-corrected chi connectivity index (χ2v) is 6.37. The summed E-state index contributed by atoms with van der Waals surface area (Å²) >= 11 is 1.53. The van der Waals surface area contributed by atoms with Gasteiger partial charge in [-0.25, -0.2) is 0 Å². The topological polar surface area (TPSA) is 46.3 Å². The first-order valence-corrected chi connectivity index (χ1v) is 6.91. The molecule has 0 aromatic carbocycles. The average molecular weight is 252 g/mol. The largest absolute Gasteiger partial charge is 0.333 e. The van der Waals surface area contributed by atoms with Crippen molar-refractivity contribution in [3.05, 3.63) is 21.9 Å². The molecule has 1 amide bonds. The Morgan fingerprint density at radius 2 is 2.29 bits per heavy atom. The van der Waals surface area contributed by atoms with Crippen molar-refractivity contribution >= 4 is 17.2 Å². The van der Waals surface area contributed by atoms with E-state index in [4.69, 9.17) is 5.73 Å². The molecular formula is C13H20N2OS. The van der Waals surface area contributed by atoms with Crippen molar-refractivity contribution in [3.8, 4) is 0 Å². The number of thiophene rings is 1. The molecule has 4 heteroatoms. The fourth-order valence-corrected chi connectivity index (χ4v) is 3.42. The minimum Gasteiger partial charge on any atom is -0.333 e. The minimum atomic E-state index is -0.134.